The molecule has 32 heavy (non-hydrogen) atoms. The van der Waals surface area contributed by atoms with Gasteiger partial charge in [0.05, 0.1) is 11.1 Å². The third-order valence-corrected chi connectivity index (χ3v) is 4.83. The quantitative estimate of drug-likeness (QED) is 0.476. The molecule has 0 saturated heterocycles. The Morgan fingerprint density at radius 2 is 1.91 bits per heavy atom. The van der Waals surface area contributed by atoms with Crippen molar-refractivity contribution in [2.75, 3.05) is 7.05 Å². The van der Waals surface area contributed by atoms with Crippen LogP contribution in [0.1, 0.15) is 29.8 Å². The highest BCUT2D eigenvalue weighted by Crippen LogP contribution is 2.26. The molecule has 0 spiro atoms. The van der Waals surface area contributed by atoms with E-state index in [1.54, 1.807) is 36.4 Å². The molecule has 0 unspecified atom stereocenters. The number of nitrogens with zero attached hydrogens (tertiary/aromatic N) is 1. The summed E-state index contributed by atoms with van der Waals surface area (Å²) < 4.78 is 10.1. The SMILES string of the molecule is CNC(=O)[C@H](Cc1ccc(-c2noc(=O)[nH]2)cc1)NC(=O)c1ccc(OC(C)C)c(Cl)c1. The van der Waals surface area contributed by atoms with Gasteiger partial charge in [-0.2, -0.15) is 0 Å². The van der Waals surface area contributed by atoms with Gasteiger partial charge < -0.3 is 15.4 Å². The van der Waals surface area contributed by atoms with Crippen LogP contribution >= 0.6 is 11.6 Å². The zero-order chi connectivity index (χ0) is 23.3. The molecule has 3 rings (SSSR count). The minimum Gasteiger partial charge on any atom is -0.489 e. The normalized spacial score (nSPS) is 11.8. The fraction of sp³-hybridized carbons (Fsp3) is 0.273. The number of aromatic amines is 1. The summed E-state index contributed by atoms with van der Waals surface area (Å²) in [7, 11) is 1.50. The van der Waals surface area contributed by atoms with E-state index in [9.17, 15) is 14.4 Å². The summed E-state index contributed by atoms with van der Waals surface area (Å²) in [6.07, 6.45) is 0.198. The number of amides is 2. The number of benzene rings is 2. The Labute approximate surface area is 189 Å². The molecule has 0 radical (unpaired) electrons. The third-order valence-electron chi connectivity index (χ3n) is 4.53. The average molecular weight is 459 g/mol. The van der Waals surface area contributed by atoms with E-state index in [2.05, 4.69) is 25.3 Å². The van der Waals surface area contributed by atoms with E-state index >= 15 is 0 Å². The van der Waals surface area contributed by atoms with E-state index in [1.165, 1.54) is 13.1 Å². The number of ether oxygens (including phenoxy) is 1. The van der Waals surface area contributed by atoms with Crippen LogP contribution in [0, 0.1) is 0 Å². The Kier molecular flexibility index (Phi) is 7.32. The Morgan fingerprint density at radius 1 is 1.19 bits per heavy atom. The van der Waals surface area contributed by atoms with E-state index in [4.69, 9.17) is 16.3 Å². The topological polar surface area (TPSA) is 126 Å². The lowest BCUT2D eigenvalue weighted by Gasteiger charge is -2.18. The second kappa shape index (κ2) is 10.1. The zero-order valence-corrected chi connectivity index (χ0v) is 18.5. The molecular formula is C22H23ClN4O5. The Morgan fingerprint density at radius 3 is 2.47 bits per heavy atom. The first kappa shape index (κ1) is 23.1. The Hall–Kier alpha value is -3.59. The van der Waals surface area contributed by atoms with Crippen molar-refractivity contribution in [1.82, 2.24) is 20.8 Å². The number of carbonyl (C=O) groups is 2. The van der Waals surface area contributed by atoms with Gasteiger partial charge in [0.1, 0.15) is 11.8 Å². The molecule has 3 aromatic rings. The fourth-order valence-electron chi connectivity index (χ4n) is 3.01. The molecular weight excluding hydrogens is 436 g/mol. The van der Waals surface area contributed by atoms with Gasteiger partial charge in [0.15, 0.2) is 5.82 Å². The second-order valence-electron chi connectivity index (χ2n) is 7.30. The van der Waals surface area contributed by atoms with E-state index in [0.717, 1.165) is 5.56 Å². The van der Waals surface area contributed by atoms with Crippen molar-refractivity contribution < 1.29 is 18.8 Å². The number of nitrogens with one attached hydrogen (secondary N) is 3. The van der Waals surface area contributed by atoms with Gasteiger partial charge in [-0.15, -0.1) is 0 Å². The number of likely N-dealkylation sites (N-methyl/N-ethyl adjacent to an activating group) is 1. The van der Waals surface area contributed by atoms with E-state index in [-0.39, 0.29) is 18.4 Å². The number of hydrogen-bond acceptors (Lipinski definition) is 6. The summed E-state index contributed by atoms with van der Waals surface area (Å²) in [4.78, 5) is 38.7. The number of H-pyrrole nitrogens is 1. The molecule has 3 N–H and O–H groups in total. The molecule has 168 valence electrons. The lowest BCUT2D eigenvalue weighted by Crippen LogP contribution is -2.47. The number of halogens is 1. The summed E-state index contributed by atoms with van der Waals surface area (Å²) in [5.74, 6) is -0.632. The molecule has 2 aromatic carbocycles. The lowest BCUT2D eigenvalue weighted by molar-refractivity contribution is -0.122. The minimum atomic E-state index is -0.810. The molecule has 1 aromatic heterocycles. The Balaban J connectivity index is 1.73. The van der Waals surface area contributed by atoms with Crippen LogP contribution in [0.2, 0.25) is 5.02 Å². The van der Waals surface area contributed by atoms with Crippen LogP contribution in [-0.4, -0.2) is 41.1 Å². The predicted molar refractivity (Wildman–Crippen MR) is 119 cm³/mol. The average Bonchev–Trinajstić information content (AvgIpc) is 3.20. The van der Waals surface area contributed by atoms with Gasteiger partial charge in [0.2, 0.25) is 5.91 Å². The maximum atomic E-state index is 12.7. The standard InChI is InChI=1S/C22H23ClN4O5/c1-12(2)31-18-9-8-15(11-16(18)23)20(28)25-17(21(29)24-3)10-13-4-6-14(7-5-13)19-26-22(30)32-27-19/h4-9,11-12,17H,10H2,1-3H3,(H,24,29)(H,25,28)(H,26,27,30)/t17-/m0/s1. The molecule has 0 aliphatic rings. The predicted octanol–water partition coefficient (Wildman–Crippen LogP) is 2.56. The molecule has 2 amide bonds. The van der Waals surface area contributed by atoms with Crippen molar-refractivity contribution in [3.8, 4) is 17.1 Å². The van der Waals surface area contributed by atoms with Crippen LogP contribution in [0.3, 0.4) is 0 Å². The molecule has 1 atom stereocenters. The summed E-state index contributed by atoms with van der Waals surface area (Å²) in [6.45, 7) is 3.75. The highest BCUT2D eigenvalue weighted by Gasteiger charge is 2.22. The van der Waals surface area contributed by atoms with Crippen molar-refractivity contribution in [3.63, 3.8) is 0 Å². The molecule has 10 heteroatoms. The number of rotatable bonds is 8. The van der Waals surface area contributed by atoms with Gasteiger partial charge in [-0.25, -0.2) is 4.79 Å². The molecule has 9 nitrogen and oxygen atoms in total. The molecule has 0 fully saturated rings. The Bertz CT molecular complexity index is 1150. The van der Waals surface area contributed by atoms with Crippen LogP contribution in [0.5, 0.6) is 5.75 Å². The zero-order valence-electron chi connectivity index (χ0n) is 17.8. The van der Waals surface area contributed by atoms with Crippen molar-refractivity contribution in [2.24, 2.45) is 0 Å². The number of hydrogen-bond donors (Lipinski definition) is 3. The smallest absolute Gasteiger partial charge is 0.439 e. The molecule has 0 saturated carbocycles. The highest BCUT2D eigenvalue weighted by molar-refractivity contribution is 6.32. The van der Waals surface area contributed by atoms with Crippen LogP contribution in [-0.2, 0) is 11.2 Å². The number of aromatic nitrogens is 2. The molecule has 0 aliphatic heterocycles. The summed E-state index contributed by atoms with van der Waals surface area (Å²) in [5, 5.41) is 9.25. The van der Waals surface area contributed by atoms with Gasteiger partial charge >= 0.3 is 5.76 Å². The van der Waals surface area contributed by atoms with Crippen molar-refractivity contribution in [1.29, 1.82) is 0 Å². The van der Waals surface area contributed by atoms with Crippen molar-refractivity contribution in [3.05, 3.63) is 69.2 Å². The van der Waals surface area contributed by atoms with E-state index in [0.29, 0.717) is 27.7 Å². The van der Waals surface area contributed by atoms with Crippen LogP contribution in [0.15, 0.2) is 51.8 Å². The van der Waals surface area contributed by atoms with Crippen molar-refractivity contribution in [2.45, 2.75) is 32.4 Å². The lowest BCUT2D eigenvalue weighted by atomic mass is 10.0. The first-order valence-electron chi connectivity index (χ1n) is 9.90. The van der Waals surface area contributed by atoms with Gasteiger partial charge in [-0.05, 0) is 37.6 Å². The monoisotopic (exact) mass is 458 g/mol. The van der Waals surface area contributed by atoms with Gasteiger partial charge in [-0.1, -0.05) is 41.0 Å². The summed E-state index contributed by atoms with van der Waals surface area (Å²) >= 11 is 6.22. The first-order valence-corrected chi connectivity index (χ1v) is 10.3. The van der Waals surface area contributed by atoms with Gasteiger partial charge in [-0.3, -0.25) is 19.1 Å². The molecule has 1 heterocycles. The van der Waals surface area contributed by atoms with Crippen LogP contribution in [0.4, 0.5) is 0 Å². The maximum absolute atomic E-state index is 12.7. The highest BCUT2D eigenvalue weighted by atomic mass is 35.5. The van der Waals surface area contributed by atoms with Crippen LogP contribution in [0.25, 0.3) is 11.4 Å². The maximum Gasteiger partial charge on any atom is 0.439 e. The van der Waals surface area contributed by atoms with E-state index < -0.39 is 17.7 Å². The third kappa shape index (κ3) is 5.76. The minimum absolute atomic E-state index is 0.0549. The van der Waals surface area contributed by atoms with Crippen molar-refractivity contribution >= 4 is 23.4 Å². The fourth-order valence-corrected chi connectivity index (χ4v) is 3.23. The second-order valence-corrected chi connectivity index (χ2v) is 7.70. The molecule has 0 aliphatic carbocycles. The summed E-state index contributed by atoms with van der Waals surface area (Å²) in [6, 6.07) is 10.9. The summed E-state index contributed by atoms with van der Waals surface area (Å²) in [5.41, 5.74) is 1.76. The first-order chi connectivity index (χ1) is 15.3. The van der Waals surface area contributed by atoms with Gasteiger partial charge in [0, 0.05) is 24.6 Å². The largest absolute Gasteiger partial charge is 0.489 e. The molecule has 0 bridgehead atoms. The number of carbonyl (C=O) groups excluding carboxylic acids is 2. The van der Waals surface area contributed by atoms with Gasteiger partial charge in [0.25, 0.3) is 5.91 Å². The van der Waals surface area contributed by atoms with Crippen LogP contribution < -0.4 is 21.1 Å². The van der Waals surface area contributed by atoms with E-state index in [1.807, 2.05) is 13.8 Å².